The topological polar surface area (TPSA) is 50.4 Å². The maximum Gasteiger partial charge on any atom is 0.234 e. The van der Waals surface area contributed by atoms with E-state index in [4.69, 9.17) is 4.74 Å². The van der Waals surface area contributed by atoms with Crippen LogP contribution in [0.2, 0.25) is 0 Å². The Morgan fingerprint density at radius 3 is 3.22 bits per heavy atom. The summed E-state index contributed by atoms with van der Waals surface area (Å²) < 4.78 is 5.57. The number of rotatable bonds is 6. The fourth-order valence-corrected chi connectivity index (χ4v) is 2.69. The summed E-state index contributed by atoms with van der Waals surface area (Å²) in [4.78, 5) is 12.8. The predicted molar refractivity (Wildman–Crippen MR) is 72.6 cm³/mol. The van der Waals surface area contributed by atoms with E-state index in [1.54, 1.807) is 11.3 Å². The SMILES string of the molecule is CC(NCC(=O)NCc1cccs1)C1CCCO1. The van der Waals surface area contributed by atoms with Crippen LogP contribution in [-0.2, 0) is 16.1 Å². The van der Waals surface area contributed by atoms with Gasteiger partial charge in [-0.1, -0.05) is 6.07 Å². The molecule has 2 rings (SSSR count). The van der Waals surface area contributed by atoms with Crippen molar-refractivity contribution in [1.29, 1.82) is 0 Å². The second kappa shape index (κ2) is 6.87. The van der Waals surface area contributed by atoms with Gasteiger partial charge in [0.25, 0.3) is 0 Å². The average Bonchev–Trinajstić information content (AvgIpc) is 3.05. The fourth-order valence-electron chi connectivity index (χ4n) is 2.04. The maximum atomic E-state index is 11.6. The van der Waals surface area contributed by atoms with Crippen LogP contribution in [0.1, 0.15) is 24.6 Å². The van der Waals surface area contributed by atoms with E-state index in [0.29, 0.717) is 13.1 Å². The number of thiophene rings is 1. The van der Waals surface area contributed by atoms with Crippen LogP contribution in [0, 0.1) is 0 Å². The van der Waals surface area contributed by atoms with Gasteiger partial charge in [-0.15, -0.1) is 11.3 Å². The molecule has 1 aliphatic rings. The molecule has 5 heteroatoms. The number of carbonyl (C=O) groups excluding carboxylic acids is 1. The van der Waals surface area contributed by atoms with E-state index in [2.05, 4.69) is 17.6 Å². The van der Waals surface area contributed by atoms with Crippen LogP contribution < -0.4 is 10.6 Å². The van der Waals surface area contributed by atoms with Crippen molar-refractivity contribution in [2.75, 3.05) is 13.2 Å². The van der Waals surface area contributed by atoms with Gasteiger partial charge in [0.15, 0.2) is 0 Å². The van der Waals surface area contributed by atoms with E-state index in [1.807, 2.05) is 17.5 Å². The van der Waals surface area contributed by atoms with Crippen molar-refractivity contribution >= 4 is 17.2 Å². The number of ether oxygens (including phenoxy) is 1. The Hall–Kier alpha value is -0.910. The molecular weight excluding hydrogens is 248 g/mol. The van der Waals surface area contributed by atoms with Gasteiger partial charge in [-0.25, -0.2) is 0 Å². The lowest BCUT2D eigenvalue weighted by atomic mass is 10.1. The number of amides is 1. The van der Waals surface area contributed by atoms with Gasteiger partial charge >= 0.3 is 0 Å². The summed E-state index contributed by atoms with van der Waals surface area (Å²) in [5.74, 6) is 0.0354. The Labute approximate surface area is 112 Å². The molecule has 1 saturated heterocycles. The van der Waals surface area contributed by atoms with E-state index >= 15 is 0 Å². The first-order valence-electron chi connectivity index (χ1n) is 6.40. The third kappa shape index (κ3) is 4.08. The lowest BCUT2D eigenvalue weighted by molar-refractivity contribution is -0.120. The summed E-state index contributed by atoms with van der Waals surface area (Å²) >= 11 is 1.65. The molecule has 2 N–H and O–H groups in total. The van der Waals surface area contributed by atoms with Crippen molar-refractivity contribution in [2.24, 2.45) is 0 Å². The molecule has 4 nitrogen and oxygen atoms in total. The molecule has 100 valence electrons. The Morgan fingerprint density at radius 2 is 2.56 bits per heavy atom. The Kier molecular flexibility index (Phi) is 5.16. The summed E-state index contributed by atoms with van der Waals surface area (Å²) in [6.07, 6.45) is 2.47. The number of hydrogen-bond donors (Lipinski definition) is 2. The summed E-state index contributed by atoms with van der Waals surface area (Å²) in [5.41, 5.74) is 0. The largest absolute Gasteiger partial charge is 0.377 e. The normalized spacial score (nSPS) is 20.8. The second-order valence-electron chi connectivity index (χ2n) is 4.58. The van der Waals surface area contributed by atoms with Crippen molar-refractivity contribution in [2.45, 2.75) is 38.5 Å². The first-order valence-corrected chi connectivity index (χ1v) is 7.28. The summed E-state index contributed by atoms with van der Waals surface area (Å²) in [7, 11) is 0. The summed E-state index contributed by atoms with van der Waals surface area (Å²) in [5, 5.41) is 8.13. The van der Waals surface area contributed by atoms with Gasteiger partial charge in [0.05, 0.1) is 19.2 Å². The van der Waals surface area contributed by atoms with Gasteiger partial charge in [0.2, 0.25) is 5.91 Å². The van der Waals surface area contributed by atoms with Gasteiger partial charge in [-0.3, -0.25) is 4.79 Å². The molecule has 18 heavy (non-hydrogen) atoms. The molecule has 1 aliphatic heterocycles. The smallest absolute Gasteiger partial charge is 0.234 e. The standard InChI is InChI=1S/C13H20N2O2S/c1-10(12-5-2-6-17-12)14-9-13(16)15-8-11-4-3-7-18-11/h3-4,7,10,12,14H,2,5-6,8-9H2,1H3,(H,15,16). The van der Waals surface area contributed by atoms with Crippen molar-refractivity contribution in [3.63, 3.8) is 0 Å². The van der Waals surface area contributed by atoms with Gasteiger partial charge in [0.1, 0.15) is 0 Å². The molecule has 0 spiro atoms. The molecule has 0 bridgehead atoms. The minimum absolute atomic E-state index is 0.0354. The molecule has 1 aromatic rings. The van der Waals surface area contributed by atoms with Crippen LogP contribution in [0.15, 0.2) is 17.5 Å². The Balaban J connectivity index is 1.62. The number of hydrogen-bond acceptors (Lipinski definition) is 4. The molecule has 0 aliphatic carbocycles. The minimum Gasteiger partial charge on any atom is -0.377 e. The van der Waals surface area contributed by atoms with Crippen molar-refractivity contribution < 1.29 is 9.53 Å². The van der Waals surface area contributed by atoms with Crippen LogP contribution in [-0.4, -0.2) is 31.2 Å². The van der Waals surface area contributed by atoms with Crippen LogP contribution >= 0.6 is 11.3 Å². The predicted octanol–water partition coefficient (Wildman–Crippen LogP) is 1.52. The average molecular weight is 268 g/mol. The first kappa shape index (κ1) is 13.5. The summed E-state index contributed by atoms with van der Waals surface area (Å²) in [6.45, 7) is 3.89. The zero-order valence-electron chi connectivity index (χ0n) is 10.6. The van der Waals surface area contributed by atoms with Crippen LogP contribution in [0.5, 0.6) is 0 Å². The Morgan fingerprint density at radius 1 is 1.67 bits per heavy atom. The van der Waals surface area contributed by atoms with Crippen molar-refractivity contribution in [3.8, 4) is 0 Å². The van der Waals surface area contributed by atoms with Gasteiger partial charge in [0, 0.05) is 17.5 Å². The minimum atomic E-state index is 0.0354. The van der Waals surface area contributed by atoms with E-state index in [-0.39, 0.29) is 18.1 Å². The molecule has 1 amide bonds. The lowest BCUT2D eigenvalue weighted by Crippen LogP contribution is -2.42. The highest BCUT2D eigenvalue weighted by molar-refractivity contribution is 7.09. The summed E-state index contributed by atoms with van der Waals surface area (Å²) in [6, 6.07) is 4.25. The van der Waals surface area contributed by atoms with E-state index in [0.717, 1.165) is 19.4 Å². The second-order valence-corrected chi connectivity index (χ2v) is 5.61. The van der Waals surface area contributed by atoms with Gasteiger partial charge in [-0.05, 0) is 31.2 Å². The van der Waals surface area contributed by atoms with Crippen LogP contribution in [0.4, 0.5) is 0 Å². The van der Waals surface area contributed by atoms with Crippen LogP contribution in [0.25, 0.3) is 0 Å². The molecular formula is C13H20N2O2S. The van der Waals surface area contributed by atoms with Crippen molar-refractivity contribution in [3.05, 3.63) is 22.4 Å². The number of nitrogens with one attached hydrogen (secondary N) is 2. The first-order chi connectivity index (χ1) is 8.75. The zero-order chi connectivity index (χ0) is 12.8. The molecule has 2 atom stereocenters. The van der Waals surface area contributed by atoms with E-state index in [1.165, 1.54) is 4.88 Å². The van der Waals surface area contributed by atoms with Crippen molar-refractivity contribution in [1.82, 2.24) is 10.6 Å². The number of carbonyl (C=O) groups is 1. The van der Waals surface area contributed by atoms with Gasteiger partial charge in [-0.2, -0.15) is 0 Å². The highest BCUT2D eigenvalue weighted by Gasteiger charge is 2.22. The van der Waals surface area contributed by atoms with Gasteiger partial charge < -0.3 is 15.4 Å². The zero-order valence-corrected chi connectivity index (χ0v) is 11.5. The lowest BCUT2D eigenvalue weighted by Gasteiger charge is -2.19. The van der Waals surface area contributed by atoms with E-state index < -0.39 is 0 Å². The molecule has 1 fully saturated rings. The molecule has 0 aromatic carbocycles. The van der Waals surface area contributed by atoms with Crippen LogP contribution in [0.3, 0.4) is 0 Å². The van der Waals surface area contributed by atoms with E-state index in [9.17, 15) is 4.79 Å². The maximum absolute atomic E-state index is 11.6. The third-order valence-corrected chi connectivity index (χ3v) is 4.02. The molecule has 1 aromatic heterocycles. The molecule has 2 unspecified atom stereocenters. The highest BCUT2D eigenvalue weighted by Crippen LogP contribution is 2.15. The highest BCUT2D eigenvalue weighted by atomic mass is 32.1. The fraction of sp³-hybridized carbons (Fsp3) is 0.615. The molecule has 2 heterocycles. The Bertz CT molecular complexity index is 361. The molecule has 0 saturated carbocycles. The quantitative estimate of drug-likeness (QED) is 0.822. The third-order valence-electron chi connectivity index (χ3n) is 3.15. The monoisotopic (exact) mass is 268 g/mol. The molecule has 0 radical (unpaired) electrons.